The Morgan fingerprint density at radius 3 is 2.14 bits per heavy atom. The van der Waals surface area contributed by atoms with Crippen molar-refractivity contribution in [1.82, 2.24) is 4.90 Å². The first kappa shape index (κ1) is 24.8. The van der Waals surface area contributed by atoms with Gasteiger partial charge in [0.2, 0.25) is 11.8 Å². The first-order valence-corrected chi connectivity index (χ1v) is 11.6. The van der Waals surface area contributed by atoms with E-state index in [0.29, 0.717) is 24.1 Å². The monoisotopic (exact) mass is 490 g/mol. The summed E-state index contributed by atoms with van der Waals surface area (Å²) in [5.41, 5.74) is 1.47. The van der Waals surface area contributed by atoms with Gasteiger partial charge in [0.15, 0.2) is 6.61 Å². The van der Waals surface area contributed by atoms with Crippen LogP contribution in [-0.4, -0.2) is 54.3 Å². The highest BCUT2D eigenvalue weighted by Gasteiger charge is 2.51. The molecular weight excluding hydrogens is 464 g/mol. The second-order valence-corrected chi connectivity index (χ2v) is 8.63. The number of imide groups is 1. The molecule has 2 aromatic rings. The van der Waals surface area contributed by atoms with E-state index in [0.717, 1.165) is 10.5 Å². The highest BCUT2D eigenvalue weighted by molar-refractivity contribution is 6.08. The lowest BCUT2D eigenvalue weighted by Crippen LogP contribution is -2.48. The number of likely N-dealkylation sites (tertiary alicyclic amines) is 1. The zero-order chi connectivity index (χ0) is 25.7. The minimum absolute atomic E-state index is 0.0840. The number of hydrogen-bond acceptors (Lipinski definition) is 7. The van der Waals surface area contributed by atoms with Crippen LogP contribution < -0.4 is 5.32 Å². The number of nitrogens with one attached hydrogen (secondary N) is 1. The van der Waals surface area contributed by atoms with Crippen LogP contribution in [-0.2, 0) is 35.1 Å². The summed E-state index contributed by atoms with van der Waals surface area (Å²) >= 11 is 0. The Morgan fingerprint density at radius 1 is 0.944 bits per heavy atom. The molecule has 0 aromatic heterocycles. The number of carbonyl (C=O) groups is 5. The van der Waals surface area contributed by atoms with E-state index in [1.165, 1.54) is 31.4 Å². The lowest BCUT2D eigenvalue weighted by Gasteiger charge is -2.25. The van der Waals surface area contributed by atoms with Crippen molar-refractivity contribution in [2.45, 2.75) is 25.3 Å². The van der Waals surface area contributed by atoms with Crippen molar-refractivity contribution in [2.75, 3.05) is 19.0 Å². The molecule has 0 saturated carbocycles. The summed E-state index contributed by atoms with van der Waals surface area (Å²) in [5.74, 6) is -3.68. The maximum Gasteiger partial charge on any atom is 0.337 e. The first-order valence-electron chi connectivity index (χ1n) is 11.6. The normalized spacial score (nSPS) is 19.4. The number of rotatable bonds is 8. The molecule has 1 N–H and O–H groups in total. The van der Waals surface area contributed by atoms with Gasteiger partial charge in [-0.05, 0) is 42.7 Å². The van der Waals surface area contributed by atoms with Crippen LogP contribution in [0.15, 0.2) is 66.7 Å². The van der Waals surface area contributed by atoms with Crippen LogP contribution in [0.2, 0.25) is 0 Å². The summed E-state index contributed by atoms with van der Waals surface area (Å²) in [4.78, 5) is 64.3. The Hall–Kier alpha value is -4.27. The summed E-state index contributed by atoms with van der Waals surface area (Å²) in [6.07, 6.45) is 4.75. The van der Waals surface area contributed by atoms with Gasteiger partial charge >= 0.3 is 11.9 Å². The number of amides is 3. The standard InChI is InChI=1S/C27H26N2O7/c1-35-26(33)18-11-13-19(14-12-18)28-23(30)16-36-27(34)22(15-17-7-3-2-4-8-17)29-24(31)20-9-5-6-10-21(20)25(29)32/h2-8,11-14,20-22H,9-10,15-16H2,1H3,(H,28,30)/t20-,21+,22-/m0/s1. The Kier molecular flexibility index (Phi) is 7.58. The molecule has 3 atom stereocenters. The topological polar surface area (TPSA) is 119 Å². The van der Waals surface area contributed by atoms with Crippen LogP contribution in [0.25, 0.3) is 0 Å². The van der Waals surface area contributed by atoms with Crippen molar-refractivity contribution in [3.8, 4) is 0 Å². The SMILES string of the molecule is COC(=O)c1ccc(NC(=O)COC(=O)[C@H](Cc2ccccc2)N2C(=O)[C@H]3CC=CC[C@H]3C2=O)cc1. The maximum absolute atomic E-state index is 13.1. The van der Waals surface area contributed by atoms with Crippen molar-refractivity contribution in [2.24, 2.45) is 11.8 Å². The molecule has 4 rings (SSSR count). The molecule has 3 amide bonds. The molecule has 9 heteroatoms. The Labute approximate surface area is 208 Å². The Morgan fingerprint density at radius 2 is 1.56 bits per heavy atom. The van der Waals surface area contributed by atoms with Crippen LogP contribution in [0.4, 0.5) is 5.69 Å². The fourth-order valence-corrected chi connectivity index (χ4v) is 4.49. The van der Waals surface area contributed by atoms with Gasteiger partial charge in [-0.3, -0.25) is 19.3 Å². The van der Waals surface area contributed by atoms with Crippen LogP contribution in [0.5, 0.6) is 0 Å². The third-order valence-electron chi connectivity index (χ3n) is 6.33. The fourth-order valence-electron chi connectivity index (χ4n) is 4.49. The third-order valence-corrected chi connectivity index (χ3v) is 6.33. The van der Waals surface area contributed by atoms with Crippen LogP contribution in [0, 0.1) is 11.8 Å². The molecule has 1 aliphatic carbocycles. The van der Waals surface area contributed by atoms with Gasteiger partial charge in [-0.2, -0.15) is 0 Å². The molecule has 0 radical (unpaired) electrons. The minimum atomic E-state index is -1.18. The summed E-state index contributed by atoms with van der Waals surface area (Å²) in [6.45, 7) is -0.604. The summed E-state index contributed by atoms with van der Waals surface area (Å²) < 4.78 is 9.90. The highest BCUT2D eigenvalue weighted by Crippen LogP contribution is 2.36. The lowest BCUT2D eigenvalue weighted by molar-refractivity contribution is -0.159. The van der Waals surface area contributed by atoms with Gasteiger partial charge in [-0.15, -0.1) is 0 Å². The third kappa shape index (κ3) is 5.35. The number of methoxy groups -OCH3 is 1. The molecule has 0 bridgehead atoms. The number of anilines is 1. The summed E-state index contributed by atoms with van der Waals surface area (Å²) in [5, 5.41) is 2.57. The van der Waals surface area contributed by atoms with Gasteiger partial charge in [-0.25, -0.2) is 9.59 Å². The first-order chi connectivity index (χ1) is 17.4. The molecular formula is C27H26N2O7. The number of esters is 2. The average Bonchev–Trinajstić information content (AvgIpc) is 3.16. The predicted octanol–water partition coefficient (Wildman–Crippen LogP) is 2.52. The van der Waals surface area contributed by atoms with Gasteiger partial charge in [-0.1, -0.05) is 42.5 Å². The molecule has 1 heterocycles. The molecule has 9 nitrogen and oxygen atoms in total. The molecule has 186 valence electrons. The van der Waals surface area contributed by atoms with Crippen LogP contribution >= 0.6 is 0 Å². The smallest absolute Gasteiger partial charge is 0.337 e. The molecule has 1 saturated heterocycles. The van der Waals surface area contributed by atoms with Gasteiger partial charge in [0, 0.05) is 12.1 Å². The van der Waals surface area contributed by atoms with Gasteiger partial charge in [0.1, 0.15) is 6.04 Å². The van der Waals surface area contributed by atoms with Crippen molar-refractivity contribution < 1.29 is 33.4 Å². The molecule has 2 aromatic carbocycles. The quantitative estimate of drug-likeness (QED) is 0.343. The molecule has 0 unspecified atom stereocenters. The summed E-state index contributed by atoms with van der Waals surface area (Å²) in [7, 11) is 1.27. The van der Waals surface area contributed by atoms with Crippen LogP contribution in [0.1, 0.15) is 28.8 Å². The van der Waals surface area contributed by atoms with Crippen molar-refractivity contribution in [1.29, 1.82) is 0 Å². The number of fused-ring (bicyclic) bond motifs is 1. The average molecular weight is 491 g/mol. The van der Waals surface area contributed by atoms with E-state index < -0.39 is 42.3 Å². The zero-order valence-electron chi connectivity index (χ0n) is 19.7. The second-order valence-electron chi connectivity index (χ2n) is 8.63. The molecule has 1 aliphatic heterocycles. The van der Waals surface area contributed by atoms with E-state index in [9.17, 15) is 24.0 Å². The van der Waals surface area contributed by atoms with Crippen molar-refractivity contribution in [3.05, 3.63) is 77.9 Å². The lowest BCUT2D eigenvalue weighted by atomic mass is 9.85. The summed E-state index contributed by atoms with van der Waals surface area (Å²) in [6, 6.07) is 13.8. The molecule has 1 fully saturated rings. The maximum atomic E-state index is 13.1. The van der Waals surface area contributed by atoms with Crippen molar-refractivity contribution in [3.63, 3.8) is 0 Å². The van der Waals surface area contributed by atoms with E-state index in [1.807, 2.05) is 18.2 Å². The number of allylic oxidation sites excluding steroid dienone is 2. The Balaban J connectivity index is 1.44. The molecule has 2 aliphatic rings. The second kappa shape index (κ2) is 11.0. The van der Waals surface area contributed by atoms with Gasteiger partial charge in [0.05, 0.1) is 24.5 Å². The highest BCUT2D eigenvalue weighted by atomic mass is 16.5. The van der Waals surface area contributed by atoms with Crippen LogP contribution in [0.3, 0.4) is 0 Å². The number of carbonyl (C=O) groups excluding carboxylic acids is 5. The number of hydrogen-bond donors (Lipinski definition) is 1. The van der Waals surface area contributed by atoms with Gasteiger partial charge < -0.3 is 14.8 Å². The van der Waals surface area contributed by atoms with E-state index in [1.54, 1.807) is 24.3 Å². The molecule has 36 heavy (non-hydrogen) atoms. The van der Waals surface area contributed by atoms with E-state index >= 15 is 0 Å². The van der Waals surface area contributed by atoms with E-state index in [4.69, 9.17) is 4.74 Å². The number of ether oxygens (including phenoxy) is 2. The number of nitrogens with zero attached hydrogens (tertiary/aromatic N) is 1. The zero-order valence-corrected chi connectivity index (χ0v) is 19.7. The van der Waals surface area contributed by atoms with Crippen molar-refractivity contribution >= 4 is 35.3 Å². The minimum Gasteiger partial charge on any atom is -0.465 e. The van der Waals surface area contributed by atoms with E-state index in [-0.39, 0.29) is 18.2 Å². The predicted molar refractivity (Wildman–Crippen MR) is 129 cm³/mol. The molecule has 0 spiro atoms. The number of benzene rings is 2. The largest absolute Gasteiger partial charge is 0.465 e. The fraction of sp³-hybridized carbons (Fsp3) is 0.296. The van der Waals surface area contributed by atoms with Gasteiger partial charge in [0.25, 0.3) is 5.91 Å². The Bertz CT molecular complexity index is 1160. The van der Waals surface area contributed by atoms with E-state index in [2.05, 4.69) is 10.1 Å².